The minimum atomic E-state index is -0.260. The zero-order valence-corrected chi connectivity index (χ0v) is 14.9. The summed E-state index contributed by atoms with van der Waals surface area (Å²) in [5.74, 6) is 0.665. The lowest BCUT2D eigenvalue weighted by atomic mass is 10.0. The van der Waals surface area contributed by atoms with E-state index >= 15 is 0 Å². The first-order valence-electron chi connectivity index (χ1n) is 7.39. The quantitative estimate of drug-likeness (QED) is 0.850. The van der Waals surface area contributed by atoms with Gasteiger partial charge in [0.25, 0.3) is 0 Å². The average molecular weight is 354 g/mol. The molecule has 1 heterocycles. The average Bonchev–Trinajstić information content (AvgIpc) is 2.70. The second-order valence-electron chi connectivity index (χ2n) is 6.19. The van der Waals surface area contributed by atoms with E-state index in [2.05, 4.69) is 65.3 Å². The summed E-state index contributed by atoms with van der Waals surface area (Å²) in [6, 6.07) is 4.29. The Labute approximate surface area is 135 Å². The highest BCUT2D eigenvalue weighted by Gasteiger charge is 2.30. The maximum atomic E-state index is 11.9. The summed E-state index contributed by atoms with van der Waals surface area (Å²) in [7, 11) is 3.91. The van der Waals surface area contributed by atoms with Gasteiger partial charge in [0.1, 0.15) is 6.04 Å². The minimum Gasteiger partial charge on any atom is -0.371 e. The van der Waals surface area contributed by atoms with Crippen molar-refractivity contribution in [3.8, 4) is 0 Å². The molecule has 5 heteroatoms. The van der Waals surface area contributed by atoms with Gasteiger partial charge in [-0.25, -0.2) is 0 Å². The Morgan fingerprint density at radius 2 is 2.05 bits per heavy atom. The summed E-state index contributed by atoms with van der Waals surface area (Å²) >= 11 is 3.65. The van der Waals surface area contributed by atoms with Gasteiger partial charge in [-0.1, -0.05) is 13.8 Å². The van der Waals surface area contributed by atoms with E-state index in [-0.39, 0.29) is 11.9 Å². The lowest BCUT2D eigenvalue weighted by Crippen LogP contribution is -2.30. The molecule has 0 saturated heterocycles. The number of rotatable bonds is 5. The normalized spacial score (nSPS) is 18.6. The van der Waals surface area contributed by atoms with Gasteiger partial charge in [-0.3, -0.25) is 4.79 Å². The first-order valence-corrected chi connectivity index (χ1v) is 8.18. The Bertz CT molecular complexity index is 545. The highest BCUT2D eigenvalue weighted by molar-refractivity contribution is 9.10. The molecule has 0 bridgehead atoms. The Balaban J connectivity index is 2.31. The molecule has 0 spiro atoms. The van der Waals surface area contributed by atoms with Crippen LogP contribution in [0.2, 0.25) is 0 Å². The second kappa shape index (κ2) is 6.36. The SMILES string of the molecule is CNC1C(=O)Nc2cc(N(C)C(C)CC(C)C)c(Br)cc21. The number of anilines is 2. The molecule has 1 aliphatic heterocycles. The Morgan fingerprint density at radius 3 is 2.62 bits per heavy atom. The fraction of sp³-hybridized carbons (Fsp3) is 0.562. The van der Waals surface area contributed by atoms with Crippen LogP contribution in [-0.4, -0.2) is 26.0 Å². The molecular formula is C16H24BrN3O. The third-order valence-electron chi connectivity index (χ3n) is 4.09. The molecule has 0 aromatic heterocycles. The number of halogens is 1. The number of hydrogen-bond donors (Lipinski definition) is 2. The van der Waals surface area contributed by atoms with E-state index < -0.39 is 0 Å². The first-order chi connectivity index (χ1) is 9.85. The van der Waals surface area contributed by atoms with Gasteiger partial charge in [-0.05, 0) is 54.4 Å². The number of benzene rings is 1. The smallest absolute Gasteiger partial charge is 0.246 e. The van der Waals surface area contributed by atoms with Gasteiger partial charge in [-0.2, -0.15) is 0 Å². The van der Waals surface area contributed by atoms with Crippen LogP contribution in [0.4, 0.5) is 11.4 Å². The fourth-order valence-electron chi connectivity index (χ4n) is 2.91. The van der Waals surface area contributed by atoms with Crippen molar-refractivity contribution in [1.82, 2.24) is 5.32 Å². The molecule has 1 aromatic rings. The highest BCUT2D eigenvalue weighted by atomic mass is 79.9. The number of nitrogens with zero attached hydrogens (tertiary/aromatic N) is 1. The lowest BCUT2D eigenvalue weighted by Gasteiger charge is -2.29. The van der Waals surface area contributed by atoms with Crippen molar-refractivity contribution in [2.75, 3.05) is 24.3 Å². The summed E-state index contributed by atoms with van der Waals surface area (Å²) in [5, 5.41) is 6.00. The number of hydrogen-bond acceptors (Lipinski definition) is 3. The number of nitrogens with one attached hydrogen (secondary N) is 2. The monoisotopic (exact) mass is 353 g/mol. The van der Waals surface area contributed by atoms with Crippen LogP contribution in [-0.2, 0) is 4.79 Å². The standard InChI is InChI=1S/C16H24BrN3O/c1-9(2)6-10(3)20(5)14-8-13-11(7-12(14)17)15(18-4)16(21)19-13/h7-10,15,18H,6H2,1-5H3,(H,19,21). The Hall–Kier alpha value is -1.07. The molecule has 0 saturated carbocycles. The third-order valence-corrected chi connectivity index (χ3v) is 4.73. The van der Waals surface area contributed by atoms with Crippen LogP contribution in [0.5, 0.6) is 0 Å². The van der Waals surface area contributed by atoms with Crippen LogP contribution in [0, 0.1) is 5.92 Å². The van der Waals surface area contributed by atoms with Crippen molar-refractivity contribution >= 4 is 33.2 Å². The van der Waals surface area contributed by atoms with Crippen molar-refractivity contribution in [2.45, 2.75) is 39.3 Å². The highest BCUT2D eigenvalue weighted by Crippen LogP contribution is 2.39. The molecule has 21 heavy (non-hydrogen) atoms. The summed E-state index contributed by atoms with van der Waals surface area (Å²) in [4.78, 5) is 14.2. The molecule has 2 N–H and O–H groups in total. The van der Waals surface area contributed by atoms with E-state index in [0.717, 1.165) is 27.8 Å². The largest absolute Gasteiger partial charge is 0.371 e. The van der Waals surface area contributed by atoms with Crippen LogP contribution in [0.3, 0.4) is 0 Å². The number of fused-ring (bicyclic) bond motifs is 1. The van der Waals surface area contributed by atoms with Crippen molar-refractivity contribution in [3.63, 3.8) is 0 Å². The molecule has 0 aliphatic carbocycles. The van der Waals surface area contributed by atoms with E-state index in [4.69, 9.17) is 0 Å². The summed E-state index contributed by atoms with van der Waals surface area (Å²) < 4.78 is 1.02. The van der Waals surface area contributed by atoms with Crippen LogP contribution in [0.1, 0.15) is 38.8 Å². The van der Waals surface area contributed by atoms with E-state index in [1.54, 1.807) is 7.05 Å². The molecule has 0 fully saturated rings. The summed E-state index contributed by atoms with van der Waals surface area (Å²) in [6.45, 7) is 6.70. The van der Waals surface area contributed by atoms with Gasteiger partial charge < -0.3 is 15.5 Å². The Kier molecular flexibility index (Phi) is 4.94. The van der Waals surface area contributed by atoms with Crippen molar-refractivity contribution in [2.24, 2.45) is 5.92 Å². The van der Waals surface area contributed by atoms with Gasteiger partial charge in [-0.15, -0.1) is 0 Å². The third kappa shape index (κ3) is 3.24. The maximum Gasteiger partial charge on any atom is 0.246 e. The topological polar surface area (TPSA) is 44.4 Å². The fourth-order valence-corrected chi connectivity index (χ4v) is 3.55. The van der Waals surface area contributed by atoms with E-state index in [0.29, 0.717) is 12.0 Å². The van der Waals surface area contributed by atoms with Gasteiger partial charge in [0.05, 0.1) is 5.69 Å². The first kappa shape index (κ1) is 16.3. The molecular weight excluding hydrogens is 330 g/mol. The van der Waals surface area contributed by atoms with E-state index in [9.17, 15) is 4.79 Å². The molecule has 4 nitrogen and oxygen atoms in total. The maximum absolute atomic E-state index is 11.9. The number of carbonyl (C=O) groups is 1. The molecule has 2 atom stereocenters. The predicted octanol–water partition coefficient (Wildman–Crippen LogP) is 3.53. The molecule has 2 unspecified atom stereocenters. The van der Waals surface area contributed by atoms with Crippen LogP contribution in [0.15, 0.2) is 16.6 Å². The number of carbonyl (C=O) groups excluding carboxylic acids is 1. The molecule has 1 amide bonds. The van der Waals surface area contributed by atoms with Crippen molar-refractivity contribution in [3.05, 3.63) is 22.2 Å². The summed E-state index contributed by atoms with van der Waals surface area (Å²) in [6.07, 6.45) is 1.13. The van der Waals surface area contributed by atoms with Crippen molar-refractivity contribution in [1.29, 1.82) is 0 Å². The van der Waals surface area contributed by atoms with E-state index in [1.807, 2.05) is 6.07 Å². The van der Waals surface area contributed by atoms with Gasteiger partial charge in [0.15, 0.2) is 0 Å². The zero-order valence-electron chi connectivity index (χ0n) is 13.3. The molecule has 2 rings (SSSR count). The molecule has 1 aliphatic rings. The number of likely N-dealkylation sites (N-methyl/N-ethyl adjacent to an activating group) is 1. The predicted molar refractivity (Wildman–Crippen MR) is 91.9 cm³/mol. The molecule has 116 valence electrons. The van der Waals surface area contributed by atoms with Crippen LogP contribution >= 0.6 is 15.9 Å². The zero-order chi connectivity index (χ0) is 15.7. The Morgan fingerprint density at radius 1 is 1.38 bits per heavy atom. The summed E-state index contributed by atoms with van der Waals surface area (Å²) in [5.41, 5.74) is 3.02. The van der Waals surface area contributed by atoms with E-state index in [1.165, 1.54) is 0 Å². The molecule has 1 aromatic carbocycles. The number of amides is 1. The minimum absolute atomic E-state index is 0.00873. The molecule has 0 radical (unpaired) electrons. The lowest BCUT2D eigenvalue weighted by molar-refractivity contribution is -0.117. The second-order valence-corrected chi connectivity index (χ2v) is 7.05. The van der Waals surface area contributed by atoms with Crippen LogP contribution in [0.25, 0.3) is 0 Å². The van der Waals surface area contributed by atoms with Crippen molar-refractivity contribution < 1.29 is 4.79 Å². The van der Waals surface area contributed by atoms with Gasteiger partial charge in [0.2, 0.25) is 5.91 Å². The van der Waals surface area contributed by atoms with Crippen LogP contribution < -0.4 is 15.5 Å². The van der Waals surface area contributed by atoms with Gasteiger partial charge >= 0.3 is 0 Å². The van der Waals surface area contributed by atoms with Gasteiger partial charge in [0, 0.05) is 28.8 Å².